The first-order valence-electron chi connectivity index (χ1n) is 9.24. The Bertz CT molecular complexity index is 773. The van der Waals surface area contributed by atoms with Crippen LogP contribution in [-0.2, 0) is 0 Å². The van der Waals surface area contributed by atoms with Crippen molar-refractivity contribution in [3.05, 3.63) is 58.6 Å². The zero-order chi connectivity index (χ0) is 19.3. The minimum atomic E-state index is 0.448. The molecule has 2 rings (SSSR count). The molecular formula is C23H29ClN2. The van der Waals surface area contributed by atoms with Gasteiger partial charge in [-0.3, -0.25) is 9.98 Å². The maximum Gasteiger partial charge on any atom is 0.0698 e. The Hall–Kier alpha value is -1.93. The highest BCUT2D eigenvalue weighted by molar-refractivity contribution is 6.30. The van der Waals surface area contributed by atoms with Gasteiger partial charge in [-0.05, 0) is 61.1 Å². The van der Waals surface area contributed by atoms with Gasteiger partial charge in [-0.1, -0.05) is 57.5 Å². The molecule has 0 spiro atoms. The maximum absolute atomic E-state index is 5.94. The summed E-state index contributed by atoms with van der Waals surface area (Å²) in [6, 6.07) is 14.1. The first kappa shape index (κ1) is 20.4. The molecule has 0 fully saturated rings. The van der Waals surface area contributed by atoms with Crippen molar-refractivity contribution in [2.45, 2.75) is 59.8 Å². The van der Waals surface area contributed by atoms with Gasteiger partial charge in [0.15, 0.2) is 0 Å². The molecule has 0 radical (unpaired) electrons. The van der Waals surface area contributed by atoms with Gasteiger partial charge < -0.3 is 0 Å². The van der Waals surface area contributed by atoms with Crippen LogP contribution in [0.5, 0.6) is 0 Å². The molecule has 0 aromatic heterocycles. The van der Waals surface area contributed by atoms with Gasteiger partial charge in [-0.2, -0.15) is 0 Å². The summed E-state index contributed by atoms with van der Waals surface area (Å²) < 4.78 is 0. The summed E-state index contributed by atoms with van der Waals surface area (Å²) in [5.41, 5.74) is 6.79. The van der Waals surface area contributed by atoms with E-state index in [0.717, 1.165) is 34.2 Å². The highest BCUT2D eigenvalue weighted by atomic mass is 35.5. The lowest BCUT2D eigenvalue weighted by Gasteiger charge is -2.17. The first-order valence-corrected chi connectivity index (χ1v) is 9.62. The number of halogens is 1. The quantitative estimate of drug-likeness (QED) is 0.463. The molecule has 0 aliphatic rings. The molecule has 0 saturated carbocycles. The predicted octanol–water partition coefficient (Wildman–Crippen LogP) is 7.86. The van der Waals surface area contributed by atoms with Crippen molar-refractivity contribution in [1.82, 2.24) is 0 Å². The molecule has 138 valence electrons. The molecule has 0 amide bonds. The molecule has 0 aliphatic carbocycles. The molecule has 0 saturated heterocycles. The third kappa shape index (κ3) is 5.54. The zero-order valence-electron chi connectivity index (χ0n) is 16.7. The molecular weight excluding hydrogens is 340 g/mol. The smallest absolute Gasteiger partial charge is 0.0698 e. The molecule has 2 aromatic carbocycles. The number of para-hydroxylation sites is 1. The Kier molecular flexibility index (Phi) is 7.16. The van der Waals surface area contributed by atoms with Gasteiger partial charge in [0, 0.05) is 22.9 Å². The first-order chi connectivity index (χ1) is 12.3. The summed E-state index contributed by atoms with van der Waals surface area (Å²) in [5, 5.41) is 0.728. The van der Waals surface area contributed by atoms with Crippen LogP contribution in [0.4, 0.5) is 11.4 Å². The predicted molar refractivity (Wildman–Crippen MR) is 116 cm³/mol. The summed E-state index contributed by atoms with van der Waals surface area (Å²) >= 11 is 5.94. The standard InChI is InChI=1S/C23H29ClN2/c1-15(2)21-8-7-9-22(16(3)4)23(21)26-18(6)14-17(5)25-20-12-10-19(24)11-13-20/h7-13,15-16H,14H2,1-6H3. The molecule has 0 atom stereocenters. The van der Waals surface area contributed by atoms with Gasteiger partial charge in [0.25, 0.3) is 0 Å². The molecule has 2 nitrogen and oxygen atoms in total. The van der Waals surface area contributed by atoms with Crippen LogP contribution in [0.15, 0.2) is 52.4 Å². The number of hydrogen-bond acceptors (Lipinski definition) is 2. The minimum Gasteiger partial charge on any atom is -0.258 e. The van der Waals surface area contributed by atoms with E-state index in [1.165, 1.54) is 11.1 Å². The Morgan fingerprint density at radius 1 is 0.808 bits per heavy atom. The van der Waals surface area contributed by atoms with E-state index >= 15 is 0 Å². The lowest BCUT2D eigenvalue weighted by molar-refractivity contribution is 0.834. The van der Waals surface area contributed by atoms with E-state index in [-0.39, 0.29) is 0 Å². The van der Waals surface area contributed by atoms with Crippen molar-refractivity contribution < 1.29 is 0 Å². The second-order valence-corrected chi connectivity index (χ2v) is 7.88. The van der Waals surface area contributed by atoms with Crippen molar-refractivity contribution in [3.8, 4) is 0 Å². The summed E-state index contributed by atoms with van der Waals surface area (Å²) in [5.74, 6) is 0.896. The van der Waals surface area contributed by atoms with Crippen LogP contribution in [0.25, 0.3) is 0 Å². The normalized spacial score (nSPS) is 13.0. The van der Waals surface area contributed by atoms with Crippen LogP contribution < -0.4 is 0 Å². The monoisotopic (exact) mass is 368 g/mol. The number of hydrogen-bond donors (Lipinski definition) is 0. The molecule has 0 bridgehead atoms. The van der Waals surface area contributed by atoms with Crippen LogP contribution in [-0.4, -0.2) is 11.4 Å². The van der Waals surface area contributed by atoms with Gasteiger partial charge in [-0.15, -0.1) is 0 Å². The molecule has 2 aromatic rings. The third-order valence-corrected chi connectivity index (χ3v) is 4.56. The fourth-order valence-corrected chi connectivity index (χ4v) is 3.14. The van der Waals surface area contributed by atoms with Crippen LogP contribution >= 0.6 is 11.6 Å². The second kappa shape index (κ2) is 9.14. The van der Waals surface area contributed by atoms with E-state index < -0.39 is 0 Å². The van der Waals surface area contributed by atoms with E-state index in [0.29, 0.717) is 11.8 Å². The summed E-state index contributed by atoms with van der Waals surface area (Å²) in [6.45, 7) is 13.0. The van der Waals surface area contributed by atoms with Gasteiger partial charge in [0.1, 0.15) is 0 Å². The van der Waals surface area contributed by atoms with Gasteiger partial charge in [-0.25, -0.2) is 0 Å². The van der Waals surface area contributed by atoms with E-state index in [4.69, 9.17) is 16.6 Å². The molecule has 0 aliphatic heterocycles. The Morgan fingerprint density at radius 3 is 1.81 bits per heavy atom. The van der Waals surface area contributed by atoms with Crippen molar-refractivity contribution in [2.24, 2.45) is 9.98 Å². The summed E-state index contributed by atoms with van der Waals surface area (Å²) in [6.07, 6.45) is 0.757. The van der Waals surface area contributed by atoms with Crippen molar-refractivity contribution in [1.29, 1.82) is 0 Å². The van der Waals surface area contributed by atoms with E-state index in [9.17, 15) is 0 Å². The lowest BCUT2D eigenvalue weighted by atomic mass is 9.93. The Morgan fingerprint density at radius 2 is 1.31 bits per heavy atom. The molecule has 0 heterocycles. The Labute approximate surface area is 163 Å². The number of nitrogens with zero attached hydrogens (tertiary/aromatic N) is 2. The van der Waals surface area contributed by atoms with Crippen molar-refractivity contribution >= 4 is 34.4 Å². The average Bonchev–Trinajstić information content (AvgIpc) is 2.56. The summed E-state index contributed by atoms with van der Waals surface area (Å²) in [4.78, 5) is 9.69. The van der Waals surface area contributed by atoms with Crippen LogP contribution in [0, 0.1) is 0 Å². The van der Waals surface area contributed by atoms with Crippen LogP contribution in [0.1, 0.15) is 70.9 Å². The van der Waals surface area contributed by atoms with Gasteiger partial charge in [0.05, 0.1) is 11.4 Å². The van der Waals surface area contributed by atoms with Crippen molar-refractivity contribution in [3.63, 3.8) is 0 Å². The largest absolute Gasteiger partial charge is 0.258 e. The maximum atomic E-state index is 5.94. The SMILES string of the molecule is CC(CC(C)=Nc1c(C(C)C)cccc1C(C)C)=Nc1ccc(Cl)cc1. The van der Waals surface area contributed by atoms with Crippen LogP contribution in [0.2, 0.25) is 5.02 Å². The van der Waals surface area contributed by atoms with E-state index in [1.807, 2.05) is 31.2 Å². The Balaban J connectivity index is 2.30. The number of benzene rings is 2. The fraction of sp³-hybridized carbons (Fsp3) is 0.391. The molecule has 0 N–H and O–H groups in total. The highest BCUT2D eigenvalue weighted by Gasteiger charge is 2.13. The average molecular weight is 369 g/mol. The van der Waals surface area contributed by atoms with Gasteiger partial charge >= 0.3 is 0 Å². The fourth-order valence-electron chi connectivity index (χ4n) is 3.02. The van der Waals surface area contributed by atoms with Crippen LogP contribution in [0.3, 0.4) is 0 Å². The topological polar surface area (TPSA) is 24.7 Å². The lowest BCUT2D eigenvalue weighted by Crippen LogP contribution is -2.02. The molecule has 3 heteroatoms. The second-order valence-electron chi connectivity index (χ2n) is 7.44. The zero-order valence-corrected chi connectivity index (χ0v) is 17.4. The number of aliphatic imine (C=N–C) groups is 2. The third-order valence-electron chi connectivity index (χ3n) is 4.30. The van der Waals surface area contributed by atoms with E-state index in [1.54, 1.807) is 0 Å². The molecule has 26 heavy (non-hydrogen) atoms. The minimum absolute atomic E-state index is 0.448. The van der Waals surface area contributed by atoms with Gasteiger partial charge in [0.2, 0.25) is 0 Å². The molecule has 0 unspecified atom stereocenters. The van der Waals surface area contributed by atoms with Crippen molar-refractivity contribution in [2.75, 3.05) is 0 Å². The highest BCUT2D eigenvalue weighted by Crippen LogP contribution is 2.35. The number of rotatable bonds is 6. The summed E-state index contributed by atoms with van der Waals surface area (Å²) in [7, 11) is 0. The van der Waals surface area contributed by atoms with E-state index in [2.05, 4.69) is 57.8 Å².